The van der Waals surface area contributed by atoms with E-state index in [1.807, 2.05) is 24.3 Å². The summed E-state index contributed by atoms with van der Waals surface area (Å²) in [5.41, 5.74) is 1.25. The summed E-state index contributed by atoms with van der Waals surface area (Å²) < 4.78 is 5.26. The lowest BCUT2D eigenvalue weighted by atomic mass is 10.1. The molecule has 0 spiro atoms. The monoisotopic (exact) mass is 375 g/mol. The molecule has 0 radical (unpaired) electrons. The van der Waals surface area contributed by atoms with E-state index in [4.69, 9.17) is 16.3 Å². The fraction of sp³-hybridized carbons (Fsp3) is 0.176. The summed E-state index contributed by atoms with van der Waals surface area (Å²) in [4.78, 5) is 36.0. The van der Waals surface area contributed by atoms with Crippen molar-refractivity contribution >= 4 is 46.0 Å². The minimum Gasteiger partial charge on any atom is -0.449 e. The normalized spacial score (nSPS) is 12.1. The SMILES string of the molecule is CSc1ncc(Cl)c(C(=O)O[C@H](C)C(=O)c2c[nH]c3ccccc23)n1. The molecule has 1 atom stereocenters. The maximum absolute atomic E-state index is 12.6. The number of thioether (sulfide) groups is 1. The van der Waals surface area contributed by atoms with Gasteiger partial charge >= 0.3 is 5.97 Å². The standard InChI is InChI=1S/C17H14ClN3O3S/c1-9(15(22)11-7-19-13-6-4-3-5-10(11)13)24-16(23)14-12(18)8-20-17(21-14)25-2/h3-9,19H,1-2H3/t9-/m1/s1. The molecule has 6 nitrogen and oxygen atoms in total. The number of fused-ring (bicyclic) bond motifs is 1. The van der Waals surface area contributed by atoms with Crippen LogP contribution in [-0.2, 0) is 4.74 Å². The Labute approximate surface area is 153 Å². The first-order chi connectivity index (χ1) is 12.0. The largest absolute Gasteiger partial charge is 0.449 e. The molecular formula is C17H14ClN3O3S. The average molecular weight is 376 g/mol. The number of halogens is 1. The number of hydrogen-bond donors (Lipinski definition) is 1. The first kappa shape index (κ1) is 17.4. The van der Waals surface area contributed by atoms with Gasteiger partial charge in [0.25, 0.3) is 0 Å². The Hall–Kier alpha value is -2.38. The summed E-state index contributed by atoms with van der Waals surface area (Å²) >= 11 is 7.24. The Morgan fingerprint density at radius 2 is 2.08 bits per heavy atom. The van der Waals surface area contributed by atoms with Crippen LogP contribution in [0.25, 0.3) is 10.9 Å². The second-order valence-electron chi connectivity index (χ2n) is 5.21. The molecule has 0 unspecified atom stereocenters. The van der Waals surface area contributed by atoms with Gasteiger partial charge in [0.05, 0.1) is 11.2 Å². The van der Waals surface area contributed by atoms with Crippen LogP contribution >= 0.6 is 23.4 Å². The van der Waals surface area contributed by atoms with E-state index in [1.165, 1.54) is 24.9 Å². The molecule has 2 aromatic heterocycles. The lowest BCUT2D eigenvalue weighted by Crippen LogP contribution is -2.25. The number of para-hydroxylation sites is 1. The lowest BCUT2D eigenvalue weighted by Gasteiger charge is -2.12. The number of carbonyl (C=O) groups excluding carboxylic acids is 2. The summed E-state index contributed by atoms with van der Waals surface area (Å²) in [6, 6.07) is 7.41. The van der Waals surface area contributed by atoms with Gasteiger partial charge in [0.15, 0.2) is 17.0 Å². The Kier molecular flexibility index (Phi) is 5.06. The topological polar surface area (TPSA) is 84.9 Å². The van der Waals surface area contributed by atoms with Crippen molar-refractivity contribution in [2.45, 2.75) is 18.2 Å². The van der Waals surface area contributed by atoms with Crippen LogP contribution in [0.3, 0.4) is 0 Å². The van der Waals surface area contributed by atoms with E-state index in [2.05, 4.69) is 15.0 Å². The molecule has 0 fully saturated rings. The zero-order valence-corrected chi connectivity index (χ0v) is 15.0. The number of H-pyrrole nitrogens is 1. The number of ketones is 1. The van der Waals surface area contributed by atoms with Crippen molar-refractivity contribution < 1.29 is 14.3 Å². The molecule has 0 bridgehead atoms. The van der Waals surface area contributed by atoms with E-state index in [9.17, 15) is 9.59 Å². The molecular weight excluding hydrogens is 362 g/mol. The molecule has 0 saturated carbocycles. The summed E-state index contributed by atoms with van der Waals surface area (Å²) in [6.07, 6.45) is 3.75. The number of nitrogens with one attached hydrogen (secondary N) is 1. The van der Waals surface area contributed by atoms with Crippen LogP contribution in [-0.4, -0.2) is 39.1 Å². The Morgan fingerprint density at radius 1 is 1.32 bits per heavy atom. The smallest absolute Gasteiger partial charge is 0.359 e. The predicted octanol–water partition coefficient (Wildman–Crippen LogP) is 3.76. The van der Waals surface area contributed by atoms with Gasteiger partial charge in [0, 0.05) is 22.7 Å². The molecule has 0 aliphatic rings. The molecule has 1 N–H and O–H groups in total. The van der Waals surface area contributed by atoms with Gasteiger partial charge in [-0.2, -0.15) is 0 Å². The molecule has 0 amide bonds. The summed E-state index contributed by atoms with van der Waals surface area (Å²) in [5.74, 6) is -1.07. The number of rotatable bonds is 5. The van der Waals surface area contributed by atoms with Crippen molar-refractivity contribution in [2.75, 3.05) is 6.26 Å². The Bertz CT molecular complexity index is 957. The molecule has 1 aromatic carbocycles. The van der Waals surface area contributed by atoms with Crippen LogP contribution in [0, 0.1) is 0 Å². The highest BCUT2D eigenvalue weighted by molar-refractivity contribution is 7.98. The first-order valence-corrected chi connectivity index (χ1v) is 8.99. The van der Waals surface area contributed by atoms with Crippen LogP contribution in [0.15, 0.2) is 41.8 Å². The number of aromatic nitrogens is 3. The fourth-order valence-corrected chi connectivity index (χ4v) is 2.87. The molecule has 3 rings (SSSR count). The zero-order valence-electron chi connectivity index (χ0n) is 13.4. The van der Waals surface area contributed by atoms with E-state index in [-0.39, 0.29) is 16.5 Å². The minimum absolute atomic E-state index is 0.0559. The van der Waals surface area contributed by atoms with Gasteiger partial charge in [-0.15, -0.1) is 0 Å². The van der Waals surface area contributed by atoms with Gasteiger partial charge in [-0.3, -0.25) is 4.79 Å². The van der Waals surface area contributed by atoms with Crippen molar-refractivity contribution in [3.8, 4) is 0 Å². The third-order valence-corrected chi connectivity index (χ3v) is 4.44. The Balaban J connectivity index is 1.81. The molecule has 0 aliphatic carbocycles. The number of benzene rings is 1. The molecule has 25 heavy (non-hydrogen) atoms. The second kappa shape index (κ2) is 7.25. The van der Waals surface area contributed by atoms with Crippen LogP contribution in [0.5, 0.6) is 0 Å². The molecule has 128 valence electrons. The predicted molar refractivity (Wildman–Crippen MR) is 96.3 cm³/mol. The summed E-state index contributed by atoms with van der Waals surface area (Å²) in [6.45, 7) is 1.52. The van der Waals surface area contributed by atoms with Crippen molar-refractivity contribution in [1.82, 2.24) is 15.0 Å². The van der Waals surface area contributed by atoms with Crippen LogP contribution in [0.1, 0.15) is 27.8 Å². The third kappa shape index (κ3) is 3.52. The van der Waals surface area contributed by atoms with E-state index >= 15 is 0 Å². The number of carbonyl (C=O) groups is 2. The number of nitrogens with zero attached hydrogens (tertiary/aromatic N) is 2. The highest BCUT2D eigenvalue weighted by Gasteiger charge is 2.25. The Morgan fingerprint density at radius 3 is 2.84 bits per heavy atom. The highest BCUT2D eigenvalue weighted by atomic mass is 35.5. The van der Waals surface area contributed by atoms with E-state index in [0.717, 1.165) is 10.9 Å². The number of hydrogen-bond acceptors (Lipinski definition) is 6. The van der Waals surface area contributed by atoms with Gasteiger partial charge in [0.2, 0.25) is 5.78 Å². The van der Waals surface area contributed by atoms with Crippen molar-refractivity contribution in [1.29, 1.82) is 0 Å². The van der Waals surface area contributed by atoms with Crippen LogP contribution in [0.4, 0.5) is 0 Å². The molecule has 8 heteroatoms. The minimum atomic E-state index is -0.976. The van der Waals surface area contributed by atoms with E-state index < -0.39 is 12.1 Å². The number of aromatic amines is 1. The number of esters is 1. The van der Waals surface area contributed by atoms with Gasteiger partial charge in [-0.05, 0) is 19.2 Å². The summed E-state index contributed by atoms with van der Waals surface area (Å²) in [5, 5.41) is 1.25. The maximum atomic E-state index is 12.6. The molecule has 2 heterocycles. The summed E-state index contributed by atoms with van der Waals surface area (Å²) in [7, 11) is 0. The van der Waals surface area contributed by atoms with Crippen molar-refractivity contribution in [3.63, 3.8) is 0 Å². The van der Waals surface area contributed by atoms with E-state index in [1.54, 1.807) is 12.5 Å². The lowest BCUT2D eigenvalue weighted by molar-refractivity contribution is 0.0313. The zero-order chi connectivity index (χ0) is 18.0. The van der Waals surface area contributed by atoms with Gasteiger partial charge in [-0.25, -0.2) is 14.8 Å². The van der Waals surface area contributed by atoms with Crippen molar-refractivity contribution in [2.24, 2.45) is 0 Å². The third-order valence-electron chi connectivity index (χ3n) is 3.61. The molecule has 0 aliphatic heterocycles. The van der Waals surface area contributed by atoms with Crippen LogP contribution in [0.2, 0.25) is 5.02 Å². The molecule has 3 aromatic rings. The van der Waals surface area contributed by atoms with Crippen LogP contribution < -0.4 is 0 Å². The van der Waals surface area contributed by atoms with Gasteiger partial charge in [-0.1, -0.05) is 41.6 Å². The van der Waals surface area contributed by atoms with Gasteiger partial charge < -0.3 is 9.72 Å². The maximum Gasteiger partial charge on any atom is 0.359 e. The average Bonchev–Trinajstić information content (AvgIpc) is 3.05. The van der Waals surface area contributed by atoms with Crippen molar-refractivity contribution in [3.05, 3.63) is 52.9 Å². The quantitative estimate of drug-likeness (QED) is 0.316. The highest BCUT2D eigenvalue weighted by Crippen LogP contribution is 2.21. The fourth-order valence-electron chi connectivity index (χ4n) is 2.36. The number of Topliss-reactive ketones (excluding diaryl/α,β-unsaturated/α-hetero) is 1. The van der Waals surface area contributed by atoms with Gasteiger partial charge in [0.1, 0.15) is 0 Å². The second-order valence-corrected chi connectivity index (χ2v) is 6.39. The first-order valence-electron chi connectivity index (χ1n) is 7.39. The molecule has 0 saturated heterocycles. The van der Waals surface area contributed by atoms with E-state index in [0.29, 0.717) is 10.7 Å². The number of ether oxygens (including phenoxy) is 1.